The number of carbonyl (C=O) groups is 1. The Hall–Kier alpha value is -0.330. The molecule has 2 aliphatic carbocycles. The molecule has 0 bridgehead atoms. The van der Waals surface area contributed by atoms with Gasteiger partial charge < -0.3 is 10.2 Å². The highest BCUT2D eigenvalue weighted by molar-refractivity contribution is 7.92. The van der Waals surface area contributed by atoms with E-state index in [2.05, 4.69) is 5.32 Å². The molecule has 0 unspecified atom stereocenters. The molecule has 1 spiro atoms. The van der Waals surface area contributed by atoms with Gasteiger partial charge in [-0.15, -0.1) is 12.4 Å². The summed E-state index contributed by atoms with van der Waals surface area (Å²) in [5.41, 5.74) is -0.255. The molecule has 5 nitrogen and oxygen atoms in total. The third kappa shape index (κ3) is 3.02. The van der Waals surface area contributed by atoms with Crippen LogP contribution in [0, 0.1) is 11.3 Å². The molecule has 0 radical (unpaired) electrons. The quantitative estimate of drug-likeness (QED) is 0.744. The number of halogens is 1. The standard InChI is InChI=1S/C18H30N2O3S.ClH/c21-16(18-9-5-2-6-15(18)12-19-13-18)20-10-11-24(22,23)17(14-20)7-3-1-4-8-17;/h15,19H,1-14H2;1H/t15-,18+;/m0./s1. The molecular weight excluding hydrogens is 360 g/mol. The van der Waals surface area contributed by atoms with E-state index in [0.717, 1.165) is 64.5 Å². The number of nitrogens with zero attached hydrogens (tertiary/aromatic N) is 1. The van der Waals surface area contributed by atoms with Crippen molar-refractivity contribution in [2.45, 2.75) is 62.5 Å². The van der Waals surface area contributed by atoms with Crippen molar-refractivity contribution in [2.24, 2.45) is 11.3 Å². The molecule has 0 aromatic carbocycles. The normalized spacial score (nSPS) is 36.5. The van der Waals surface area contributed by atoms with Crippen molar-refractivity contribution in [3.05, 3.63) is 0 Å². The third-order valence-electron chi connectivity index (χ3n) is 7.28. The third-order valence-corrected chi connectivity index (χ3v) is 9.86. The average molecular weight is 391 g/mol. The van der Waals surface area contributed by atoms with Crippen LogP contribution >= 0.6 is 12.4 Å². The van der Waals surface area contributed by atoms with E-state index in [9.17, 15) is 13.2 Å². The minimum absolute atomic E-state index is 0. The molecule has 0 aromatic heterocycles. The zero-order valence-electron chi connectivity index (χ0n) is 15.0. The fourth-order valence-corrected chi connectivity index (χ4v) is 7.95. The van der Waals surface area contributed by atoms with Crippen LogP contribution in [-0.4, -0.2) is 55.9 Å². The highest BCUT2D eigenvalue weighted by Gasteiger charge is 2.55. The number of nitrogens with one attached hydrogen (secondary N) is 1. The monoisotopic (exact) mass is 390 g/mol. The lowest BCUT2D eigenvalue weighted by molar-refractivity contribution is -0.146. The summed E-state index contributed by atoms with van der Waals surface area (Å²) >= 11 is 0. The van der Waals surface area contributed by atoms with Crippen LogP contribution in [0.25, 0.3) is 0 Å². The zero-order chi connectivity index (χ0) is 16.8. The van der Waals surface area contributed by atoms with Gasteiger partial charge >= 0.3 is 0 Å². The van der Waals surface area contributed by atoms with Crippen LogP contribution in [0.15, 0.2) is 0 Å². The molecule has 2 aliphatic heterocycles. The minimum Gasteiger partial charge on any atom is -0.340 e. The molecule has 2 heterocycles. The minimum atomic E-state index is -3.08. The van der Waals surface area contributed by atoms with Gasteiger partial charge in [0.25, 0.3) is 0 Å². The first-order valence-corrected chi connectivity index (χ1v) is 11.4. The summed E-state index contributed by atoms with van der Waals surface area (Å²) < 4.78 is 24.9. The van der Waals surface area contributed by atoms with Crippen LogP contribution in [0.1, 0.15) is 57.8 Å². The summed E-state index contributed by atoms with van der Waals surface area (Å²) in [5.74, 6) is 0.851. The summed E-state index contributed by atoms with van der Waals surface area (Å²) in [4.78, 5) is 15.4. The van der Waals surface area contributed by atoms with Gasteiger partial charge in [0.15, 0.2) is 9.84 Å². The van der Waals surface area contributed by atoms with E-state index in [4.69, 9.17) is 0 Å². The largest absolute Gasteiger partial charge is 0.340 e. The molecule has 4 aliphatic rings. The first kappa shape index (κ1) is 19.4. The molecule has 144 valence electrons. The van der Waals surface area contributed by atoms with Crippen LogP contribution in [0.5, 0.6) is 0 Å². The second-order valence-electron chi connectivity index (χ2n) is 8.52. The number of amides is 1. The Kier molecular flexibility index (Phi) is 5.45. The molecule has 2 atom stereocenters. The first-order chi connectivity index (χ1) is 11.5. The SMILES string of the molecule is Cl.O=C(N1CCS(=O)(=O)C2(CCCCC2)C1)[C@@]12CCCC[C@H]1CNC2. The van der Waals surface area contributed by atoms with Crippen molar-refractivity contribution in [1.29, 1.82) is 0 Å². The lowest BCUT2D eigenvalue weighted by Gasteiger charge is -2.48. The average Bonchev–Trinajstić information content (AvgIpc) is 3.03. The number of carbonyl (C=O) groups excluding carboxylic acids is 1. The summed E-state index contributed by atoms with van der Waals surface area (Å²) in [6, 6.07) is 0. The van der Waals surface area contributed by atoms with E-state index in [-0.39, 0.29) is 29.5 Å². The van der Waals surface area contributed by atoms with Crippen LogP contribution < -0.4 is 5.32 Å². The highest BCUT2D eigenvalue weighted by Crippen LogP contribution is 2.46. The van der Waals surface area contributed by atoms with Gasteiger partial charge in [-0.3, -0.25) is 4.79 Å². The van der Waals surface area contributed by atoms with E-state index in [1.807, 2.05) is 4.90 Å². The predicted molar refractivity (Wildman–Crippen MR) is 101 cm³/mol. The maximum absolute atomic E-state index is 13.5. The van der Waals surface area contributed by atoms with Gasteiger partial charge in [-0.05, 0) is 38.1 Å². The van der Waals surface area contributed by atoms with Crippen LogP contribution in [-0.2, 0) is 14.6 Å². The Labute approximate surface area is 157 Å². The van der Waals surface area contributed by atoms with E-state index in [1.165, 1.54) is 6.42 Å². The maximum Gasteiger partial charge on any atom is 0.230 e. The van der Waals surface area contributed by atoms with Crippen LogP contribution in [0.3, 0.4) is 0 Å². The van der Waals surface area contributed by atoms with Gasteiger partial charge in [-0.1, -0.05) is 32.1 Å². The van der Waals surface area contributed by atoms with Gasteiger partial charge in [0.2, 0.25) is 5.91 Å². The Morgan fingerprint density at radius 2 is 1.76 bits per heavy atom. The number of fused-ring (bicyclic) bond motifs is 1. The van der Waals surface area contributed by atoms with Gasteiger partial charge in [-0.2, -0.15) is 0 Å². The molecule has 25 heavy (non-hydrogen) atoms. The van der Waals surface area contributed by atoms with E-state index < -0.39 is 14.6 Å². The first-order valence-electron chi connectivity index (χ1n) is 9.72. The van der Waals surface area contributed by atoms with E-state index in [0.29, 0.717) is 19.0 Å². The van der Waals surface area contributed by atoms with Gasteiger partial charge in [0, 0.05) is 19.6 Å². The number of sulfone groups is 1. The molecule has 1 N–H and O–H groups in total. The van der Waals surface area contributed by atoms with Gasteiger partial charge in [0.05, 0.1) is 15.9 Å². The molecule has 2 saturated heterocycles. The Bertz CT molecular complexity index is 618. The number of hydrogen-bond donors (Lipinski definition) is 1. The second kappa shape index (κ2) is 7.01. The summed E-state index contributed by atoms with van der Waals surface area (Å²) in [6.07, 6.45) is 9.03. The van der Waals surface area contributed by atoms with Gasteiger partial charge in [0.1, 0.15) is 0 Å². The Balaban J connectivity index is 0.00000182. The smallest absolute Gasteiger partial charge is 0.230 e. The van der Waals surface area contributed by atoms with Crippen molar-refractivity contribution in [3.8, 4) is 0 Å². The molecule has 2 saturated carbocycles. The lowest BCUT2D eigenvalue weighted by Crippen LogP contribution is -2.61. The van der Waals surface area contributed by atoms with E-state index >= 15 is 0 Å². The number of rotatable bonds is 1. The summed E-state index contributed by atoms with van der Waals surface area (Å²) in [6.45, 7) is 2.58. The topological polar surface area (TPSA) is 66.5 Å². The predicted octanol–water partition coefficient (Wildman–Crippen LogP) is 2.15. The molecular formula is C18H31ClN2O3S. The highest BCUT2D eigenvalue weighted by atomic mass is 35.5. The van der Waals surface area contributed by atoms with Gasteiger partial charge in [-0.25, -0.2) is 8.42 Å². The molecule has 0 aromatic rings. The van der Waals surface area contributed by atoms with Crippen molar-refractivity contribution in [1.82, 2.24) is 10.2 Å². The zero-order valence-corrected chi connectivity index (χ0v) is 16.6. The lowest BCUT2D eigenvalue weighted by atomic mass is 9.67. The fraction of sp³-hybridized carbons (Fsp3) is 0.944. The maximum atomic E-state index is 13.5. The van der Waals surface area contributed by atoms with E-state index in [1.54, 1.807) is 0 Å². The molecule has 7 heteroatoms. The fourth-order valence-electron chi connectivity index (χ4n) is 5.79. The summed E-state index contributed by atoms with van der Waals surface area (Å²) in [5, 5.41) is 3.45. The van der Waals surface area contributed by atoms with Crippen molar-refractivity contribution in [3.63, 3.8) is 0 Å². The van der Waals surface area contributed by atoms with Crippen molar-refractivity contribution in [2.75, 3.05) is 31.9 Å². The molecule has 4 fully saturated rings. The Morgan fingerprint density at radius 1 is 1.04 bits per heavy atom. The van der Waals surface area contributed by atoms with Crippen molar-refractivity contribution >= 4 is 28.2 Å². The summed E-state index contributed by atoms with van der Waals surface area (Å²) in [7, 11) is -3.08. The van der Waals surface area contributed by atoms with Crippen LogP contribution in [0.4, 0.5) is 0 Å². The molecule has 4 rings (SSSR count). The van der Waals surface area contributed by atoms with Crippen molar-refractivity contribution < 1.29 is 13.2 Å². The van der Waals surface area contributed by atoms with Crippen LogP contribution in [0.2, 0.25) is 0 Å². The Morgan fingerprint density at radius 3 is 2.52 bits per heavy atom. The molecule has 1 amide bonds. The second-order valence-corrected chi connectivity index (χ2v) is 11.0. The number of hydrogen-bond acceptors (Lipinski definition) is 4.